The van der Waals surface area contributed by atoms with E-state index in [1.165, 1.54) is 35.6 Å². The lowest BCUT2D eigenvalue weighted by Crippen LogP contribution is -2.53. The minimum atomic E-state index is -0.507. The summed E-state index contributed by atoms with van der Waals surface area (Å²) in [5.41, 5.74) is 1.74. The Morgan fingerprint density at radius 1 is 1.03 bits per heavy atom. The first-order chi connectivity index (χ1) is 16.9. The number of amides is 2. The predicted octanol–water partition coefficient (Wildman–Crippen LogP) is 4.41. The number of hydrogen-bond acceptors (Lipinski definition) is 7. The summed E-state index contributed by atoms with van der Waals surface area (Å²) in [6, 6.07) is 12.7. The van der Waals surface area contributed by atoms with E-state index in [2.05, 4.69) is 15.6 Å². The van der Waals surface area contributed by atoms with Gasteiger partial charge in [0.1, 0.15) is 23.1 Å². The van der Waals surface area contributed by atoms with Gasteiger partial charge in [-0.1, -0.05) is 30.5 Å². The van der Waals surface area contributed by atoms with Crippen LogP contribution in [0.25, 0.3) is 0 Å². The highest BCUT2D eigenvalue weighted by Gasteiger charge is 2.29. The van der Waals surface area contributed by atoms with Crippen molar-refractivity contribution in [1.82, 2.24) is 15.6 Å². The number of aryl methyl sites for hydroxylation is 1. The molecule has 1 aromatic heterocycles. The van der Waals surface area contributed by atoms with Crippen LogP contribution in [0.3, 0.4) is 0 Å². The van der Waals surface area contributed by atoms with Crippen LogP contribution in [0.2, 0.25) is 0 Å². The highest BCUT2D eigenvalue weighted by Crippen LogP contribution is 2.21. The number of non-ortho nitro benzene ring substituents is 1. The Morgan fingerprint density at radius 2 is 1.66 bits per heavy atom. The average molecular weight is 495 g/mol. The van der Waals surface area contributed by atoms with Gasteiger partial charge >= 0.3 is 0 Å². The van der Waals surface area contributed by atoms with Crippen LogP contribution in [-0.2, 0) is 6.61 Å². The Kier molecular flexibility index (Phi) is 7.71. The predicted molar refractivity (Wildman–Crippen MR) is 132 cm³/mol. The van der Waals surface area contributed by atoms with Crippen molar-refractivity contribution < 1.29 is 19.2 Å². The molecule has 1 heterocycles. The number of hydrogen-bond donors (Lipinski definition) is 2. The van der Waals surface area contributed by atoms with E-state index in [0.717, 1.165) is 37.0 Å². The van der Waals surface area contributed by atoms with Crippen molar-refractivity contribution >= 4 is 28.8 Å². The van der Waals surface area contributed by atoms with Gasteiger partial charge in [-0.2, -0.15) is 0 Å². The fourth-order valence-corrected chi connectivity index (χ4v) is 4.65. The van der Waals surface area contributed by atoms with E-state index in [1.807, 2.05) is 31.2 Å². The fraction of sp³-hybridized carbons (Fsp3) is 0.320. The van der Waals surface area contributed by atoms with E-state index in [-0.39, 0.29) is 36.2 Å². The lowest BCUT2D eigenvalue weighted by molar-refractivity contribution is -0.384. The maximum absolute atomic E-state index is 12.9. The van der Waals surface area contributed by atoms with E-state index in [9.17, 15) is 19.7 Å². The first kappa shape index (κ1) is 24.3. The molecule has 0 aliphatic heterocycles. The molecule has 2 aromatic carbocycles. The monoisotopic (exact) mass is 494 g/mol. The first-order valence-electron chi connectivity index (χ1n) is 11.4. The van der Waals surface area contributed by atoms with Crippen molar-refractivity contribution in [2.45, 2.75) is 51.3 Å². The molecule has 0 bridgehead atoms. The van der Waals surface area contributed by atoms with Crippen LogP contribution in [0, 0.1) is 17.0 Å². The lowest BCUT2D eigenvalue weighted by atomic mass is 9.90. The topological polar surface area (TPSA) is 123 Å². The molecule has 1 aliphatic rings. The number of nitro groups is 1. The molecule has 2 amide bonds. The average Bonchev–Trinajstić information content (AvgIpc) is 3.34. The van der Waals surface area contributed by atoms with E-state index in [0.29, 0.717) is 16.3 Å². The number of rotatable bonds is 8. The van der Waals surface area contributed by atoms with E-state index in [4.69, 9.17) is 4.74 Å². The molecule has 0 saturated heterocycles. The number of nitro benzene ring substituents is 1. The molecule has 1 saturated carbocycles. The second-order valence-electron chi connectivity index (χ2n) is 8.48. The molecular formula is C25H26N4O5S. The largest absolute Gasteiger partial charge is 0.486 e. The molecular weight excluding hydrogens is 468 g/mol. The van der Waals surface area contributed by atoms with E-state index >= 15 is 0 Å². The summed E-state index contributed by atoms with van der Waals surface area (Å²) in [6.45, 7) is 2.28. The standard InChI is InChI=1S/C25H26N4O5S/c1-16-6-12-19(13-7-16)34-14-23-26-22(15-35-23)25(31)28-21-5-3-2-4-20(21)27-24(30)17-8-10-18(11-9-17)29(32)33/h6-13,15,20-21H,2-5,14H2,1H3,(H,27,30)(H,28,31). The number of nitrogens with one attached hydrogen (secondary N) is 2. The molecule has 2 N–H and O–H groups in total. The summed E-state index contributed by atoms with van der Waals surface area (Å²) in [4.78, 5) is 40.3. The van der Waals surface area contributed by atoms with Gasteiger partial charge in [0.2, 0.25) is 0 Å². The van der Waals surface area contributed by atoms with Gasteiger partial charge in [0.15, 0.2) is 0 Å². The molecule has 0 spiro atoms. The van der Waals surface area contributed by atoms with Gasteiger partial charge in [-0.15, -0.1) is 11.3 Å². The van der Waals surface area contributed by atoms with Crippen molar-refractivity contribution in [3.63, 3.8) is 0 Å². The molecule has 2 atom stereocenters. The quantitative estimate of drug-likeness (QED) is 0.353. The Morgan fingerprint density at radius 3 is 2.29 bits per heavy atom. The zero-order chi connectivity index (χ0) is 24.8. The van der Waals surface area contributed by atoms with Gasteiger partial charge in [-0.05, 0) is 44.0 Å². The van der Waals surface area contributed by atoms with Crippen molar-refractivity contribution in [1.29, 1.82) is 0 Å². The molecule has 4 rings (SSSR count). The lowest BCUT2D eigenvalue weighted by Gasteiger charge is -2.32. The Balaban J connectivity index is 1.33. The maximum Gasteiger partial charge on any atom is 0.271 e. The van der Waals surface area contributed by atoms with Gasteiger partial charge < -0.3 is 15.4 Å². The number of benzene rings is 2. The summed E-state index contributed by atoms with van der Waals surface area (Å²) < 4.78 is 5.74. The molecule has 0 radical (unpaired) electrons. The highest BCUT2D eigenvalue weighted by atomic mass is 32.1. The fourth-order valence-electron chi connectivity index (χ4n) is 3.97. The summed E-state index contributed by atoms with van der Waals surface area (Å²) >= 11 is 1.36. The number of thiazole rings is 1. The second-order valence-corrected chi connectivity index (χ2v) is 9.42. The molecule has 2 unspecified atom stereocenters. The third-order valence-corrected chi connectivity index (χ3v) is 6.73. The minimum absolute atomic E-state index is 0.0729. The van der Waals surface area contributed by atoms with Crippen LogP contribution in [-0.4, -0.2) is 33.8 Å². The van der Waals surface area contributed by atoms with Gasteiger partial charge in [-0.25, -0.2) is 4.98 Å². The Hall–Kier alpha value is -3.79. The summed E-state index contributed by atoms with van der Waals surface area (Å²) in [5, 5.41) is 19.2. The van der Waals surface area contributed by atoms with Crippen LogP contribution >= 0.6 is 11.3 Å². The van der Waals surface area contributed by atoms with Crippen molar-refractivity contribution in [3.05, 3.63) is 85.9 Å². The third kappa shape index (κ3) is 6.42. The van der Waals surface area contributed by atoms with Gasteiger partial charge in [0.05, 0.1) is 4.92 Å². The molecule has 10 heteroatoms. The van der Waals surface area contributed by atoms with Crippen LogP contribution < -0.4 is 15.4 Å². The van der Waals surface area contributed by atoms with E-state index in [1.54, 1.807) is 5.38 Å². The summed E-state index contributed by atoms with van der Waals surface area (Å²) in [6.07, 6.45) is 3.36. The SMILES string of the molecule is Cc1ccc(OCc2nc(C(=O)NC3CCCCC3NC(=O)c3ccc([N+](=O)[O-])cc3)cs2)cc1. The van der Waals surface area contributed by atoms with Gasteiger partial charge in [0.25, 0.3) is 17.5 Å². The van der Waals surface area contributed by atoms with E-state index < -0.39 is 4.92 Å². The zero-order valence-electron chi connectivity index (χ0n) is 19.2. The third-order valence-electron chi connectivity index (χ3n) is 5.91. The number of carbonyl (C=O) groups excluding carboxylic acids is 2. The Labute approximate surface area is 206 Å². The molecule has 1 fully saturated rings. The van der Waals surface area contributed by atoms with Crippen molar-refractivity contribution in [2.75, 3.05) is 0 Å². The van der Waals surface area contributed by atoms with Crippen molar-refractivity contribution in [2.24, 2.45) is 0 Å². The number of ether oxygens (including phenoxy) is 1. The minimum Gasteiger partial charge on any atom is -0.486 e. The van der Waals surface area contributed by atoms with Crippen LogP contribution in [0.1, 0.15) is 57.1 Å². The van der Waals surface area contributed by atoms with Crippen molar-refractivity contribution in [3.8, 4) is 5.75 Å². The maximum atomic E-state index is 12.9. The first-order valence-corrected chi connectivity index (χ1v) is 12.3. The molecule has 9 nitrogen and oxygen atoms in total. The van der Waals surface area contributed by atoms with Gasteiger partial charge in [-0.3, -0.25) is 19.7 Å². The molecule has 182 valence electrons. The highest BCUT2D eigenvalue weighted by molar-refractivity contribution is 7.09. The normalized spacial score (nSPS) is 17.4. The van der Waals surface area contributed by atoms with Crippen LogP contribution in [0.5, 0.6) is 5.75 Å². The summed E-state index contributed by atoms with van der Waals surface area (Å²) in [5.74, 6) is 0.130. The number of carbonyl (C=O) groups is 2. The molecule has 35 heavy (non-hydrogen) atoms. The molecule has 1 aliphatic carbocycles. The smallest absolute Gasteiger partial charge is 0.271 e. The van der Waals surface area contributed by atoms with Gasteiger partial charge in [0, 0.05) is 35.2 Å². The Bertz CT molecular complexity index is 1190. The number of nitrogens with zero attached hydrogens (tertiary/aromatic N) is 2. The van der Waals surface area contributed by atoms with Crippen LogP contribution in [0.4, 0.5) is 5.69 Å². The molecule has 3 aromatic rings. The number of aromatic nitrogens is 1. The summed E-state index contributed by atoms with van der Waals surface area (Å²) in [7, 11) is 0. The second kappa shape index (κ2) is 11.1. The zero-order valence-corrected chi connectivity index (χ0v) is 20.0. The van der Waals surface area contributed by atoms with Crippen LogP contribution in [0.15, 0.2) is 53.9 Å².